The number of carbonyl (C=O) groups excluding carboxylic acids is 6. The van der Waals surface area contributed by atoms with E-state index in [-0.39, 0.29) is 67.5 Å². The molecule has 0 radical (unpaired) electrons. The Morgan fingerprint density at radius 3 is 2.33 bits per heavy atom. The van der Waals surface area contributed by atoms with Crippen molar-refractivity contribution < 1.29 is 47.7 Å². The first-order valence-electron chi connectivity index (χ1n) is 27.7. The maximum Gasteiger partial charge on any atom is 0.223 e. The largest absolute Gasteiger partial charge is 0.379 e. The Labute approximate surface area is 464 Å². The Kier molecular flexibility index (Phi) is 23.1. The molecule has 0 unspecified atom stereocenters. The first kappa shape index (κ1) is 58.6. The SMILES string of the molecule is CN(C/C=C/C(=O)CCC(=O)N1CCN(Cc2cc3nc(-c4cccc5[nH]ncc45)nc(N4CCOCC4)c3s2)CC1)C(=O)CCC(=O)NCCCOCCOCCOCCCNC(=O)CCCC[C@@H]1SC[C@@H]2NC(=O)C[C@@H]21. The van der Waals surface area contributed by atoms with Gasteiger partial charge in [-0.1, -0.05) is 24.6 Å². The molecule has 0 aliphatic carbocycles. The minimum atomic E-state index is -0.218. The highest BCUT2D eigenvalue weighted by Gasteiger charge is 2.42. The lowest BCUT2D eigenvalue weighted by Crippen LogP contribution is -2.48. The molecule has 0 saturated carbocycles. The van der Waals surface area contributed by atoms with Crippen molar-refractivity contribution in [3.05, 3.63) is 47.5 Å². The van der Waals surface area contributed by atoms with Crippen molar-refractivity contribution >= 4 is 85.4 Å². The second kappa shape index (κ2) is 30.7. The average molecular weight is 1120 g/mol. The van der Waals surface area contributed by atoms with E-state index in [1.54, 1.807) is 24.5 Å². The highest BCUT2D eigenvalue weighted by Crippen LogP contribution is 2.41. The number of amides is 5. The fourth-order valence-corrected chi connectivity index (χ4v) is 12.9. The molecule has 1 aromatic carbocycles. The van der Waals surface area contributed by atoms with Gasteiger partial charge in [0.2, 0.25) is 29.5 Å². The van der Waals surface area contributed by atoms with Gasteiger partial charge in [-0.25, -0.2) is 9.97 Å². The number of aromatic nitrogens is 4. The molecule has 5 amide bonds. The summed E-state index contributed by atoms with van der Waals surface area (Å²) >= 11 is 3.67. The number of rotatable bonds is 32. The van der Waals surface area contributed by atoms with Crippen LogP contribution in [0.25, 0.3) is 32.5 Å². The molecule has 8 rings (SSSR count). The summed E-state index contributed by atoms with van der Waals surface area (Å²) in [4.78, 5) is 93.9. The summed E-state index contributed by atoms with van der Waals surface area (Å²) < 4.78 is 23.4. The standard InChI is InChI=1S/C55H77N11O10S2/c1-63(51(71)16-14-49(69)57-18-7-27-74-31-33-76-32-30-73-26-6-17-56-48(68)12-3-2-11-47-42-35-50(70)59-46(42)38-77-47)19-5-8-39(67)13-15-52(72)65-22-20-64(21-23-65)37-40-34-45-53(78-40)55(66-24-28-75-29-25-66)61-54(60-45)41-9-4-10-44-43(41)36-58-62-44/h4-5,8-10,34,36,42,46-47H,2-3,6-7,11-33,35,37-38H2,1H3,(H,56,68)(H,57,69)(H,58,62)(H,59,70)/b8-5+/t42-,46-,47-/m0/s1. The summed E-state index contributed by atoms with van der Waals surface area (Å²) in [6.45, 7) is 10.1. The number of hydrogen-bond acceptors (Lipinski definition) is 17. The minimum Gasteiger partial charge on any atom is -0.379 e. The van der Waals surface area contributed by atoms with Crippen LogP contribution in [0.1, 0.15) is 75.5 Å². The molecule has 3 aromatic heterocycles. The number of ether oxygens (including phenoxy) is 4. The van der Waals surface area contributed by atoms with Crippen LogP contribution in [0.15, 0.2) is 42.6 Å². The van der Waals surface area contributed by atoms with Gasteiger partial charge >= 0.3 is 0 Å². The number of benzene rings is 1. The monoisotopic (exact) mass is 1120 g/mol. The van der Waals surface area contributed by atoms with Gasteiger partial charge in [-0.05, 0) is 43.9 Å². The minimum absolute atomic E-state index is 0.0457. The zero-order valence-electron chi connectivity index (χ0n) is 45.0. The van der Waals surface area contributed by atoms with Gasteiger partial charge in [0.25, 0.3) is 0 Å². The van der Waals surface area contributed by atoms with Crippen molar-refractivity contribution in [2.24, 2.45) is 5.92 Å². The van der Waals surface area contributed by atoms with E-state index in [1.807, 2.05) is 41.1 Å². The number of ketones is 1. The average Bonchev–Trinajstić information content (AvgIpc) is 4.30. The maximum absolute atomic E-state index is 13.1. The fourth-order valence-electron chi connectivity index (χ4n) is 10.1. The predicted molar refractivity (Wildman–Crippen MR) is 300 cm³/mol. The Morgan fingerprint density at radius 2 is 1.58 bits per heavy atom. The topological polar surface area (TPSA) is 243 Å². The number of H-pyrrole nitrogens is 1. The van der Waals surface area contributed by atoms with Crippen LogP contribution in [-0.2, 0) is 54.3 Å². The number of nitrogens with one attached hydrogen (secondary N) is 4. The molecule has 0 bridgehead atoms. The normalized spacial score (nSPS) is 18.7. The molecule has 0 spiro atoms. The molecule has 4 aliphatic heterocycles. The number of thiophene rings is 1. The van der Waals surface area contributed by atoms with Gasteiger partial charge in [0.1, 0.15) is 0 Å². The molecule has 21 nitrogen and oxygen atoms in total. The quantitative estimate of drug-likeness (QED) is 0.0398. The van der Waals surface area contributed by atoms with E-state index in [4.69, 9.17) is 28.9 Å². The Hall–Kier alpha value is -5.56. The van der Waals surface area contributed by atoms with Crippen LogP contribution >= 0.6 is 23.1 Å². The van der Waals surface area contributed by atoms with Crippen LogP contribution in [0.5, 0.6) is 0 Å². The van der Waals surface area contributed by atoms with Gasteiger partial charge in [-0.2, -0.15) is 16.9 Å². The number of piperazine rings is 1. The molecule has 7 heterocycles. The molecule has 3 atom stereocenters. The number of thioether (sulfide) groups is 1. The van der Waals surface area contributed by atoms with Gasteiger partial charge < -0.3 is 49.6 Å². The molecular weight excluding hydrogens is 1040 g/mol. The van der Waals surface area contributed by atoms with Crippen molar-refractivity contribution in [1.82, 2.24) is 50.8 Å². The number of carbonyl (C=O) groups is 6. The van der Waals surface area contributed by atoms with Crippen LogP contribution < -0.4 is 20.9 Å². The first-order chi connectivity index (χ1) is 38.1. The van der Waals surface area contributed by atoms with Crippen LogP contribution in [0.3, 0.4) is 0 Å². The van der Waals surface area contributed by atoms with Crippen molar-refractivity contribution in [3.63, 3.8) is 0 Å². The summed E-state index contributed by atoms with van der Waals surface area (Å²) in [7, 11) is 1.63. The summed E-state index contributed by atoms with van der Waals surface area (Å²) in [6, 6.07) is 8.52. The second-order valence-electron chi connectivity index (χ2n) is 20.2. The van der Waals surface area contributed by atoms with Gasteiger partial charge in [0.05, 0.1) is 61.6 Å². The van der Waals surface area contributed by atoms with Gasteiger partial charge in [0.15, 0.2) is 17.4 Å². The molecule has 4 fully saturated rings. The van der Waals surface area contributed by atoms with E-state index < -0.39 is 0 Å². The first-order valence-corrected chi connectivity index (χ1v) is 29.6. The molecular formula is C55H77N11O10S2. The molecule has 4 aliphatic rings. The molecule has 4 saturated heterocycles. The third-order valence-electron chi connectivity index (χ3n) is 14.5. The maximum atomic E-state index is 13.1. The Bertz CT molecular complexity index is 2650. The number of aromatic amines is 1. The third kappa shape index (κ3) is 17.7. The third-order valence-corrected chi connectivity index (χ3v) is 17.2. The zero-order valence-corrected chi connectivity index (χ0v) is 46.6. The number of nitrogens with zero attached hydrogens (tertiary/aromatic N) is 7. The van der Waals surface area contributed by atoms with Crippen LogP contribution in [0, 0.1) is 5.92 Å². The van der Waals surface area contributed by atoms with E-state index >= 15 is 0 Å². The van der Waals surface area contributed by atoms with Crippen molar-refractivity contribution in [2.45, 2.75) is 88.5 Å². The van der Waals surface area contributed by atoms with E-state index in [9.17, 15) is 28.8 Å². The van der Waals surface area contributed by atoms with Crippen molar-refractivity contribution in [3.8, 4) is 11.4 Å². The lowest BCUT2D eigenvalue weighted by Gasteiger charge is -2.34. The highest BCUT2D eigenvalue weighted by atomic mass is 32.2. The molecule has 23 heteroatoms. The molecule has 424 valence electrons. The Balaban J connectivity index is 0.598. The van der Waals surface area contributed by atoms with E-state index in [0.717, 1.165) is 96.7 Å². The van der Waals surface area contributed by atoms with Gasteiger partial charge in [-0.15, -0.1) is 11.3 Å². The van der Waals surface area contributed by atoms with E-state index in [1.165, 1.54) is 15.9 Å². The fraction of sp³-hybridized carbons (Fsp3) is 0.618. The summed E-state index contributed by atoms with van der Waals surface area (Å²) in [5.41, 5.74) is 2.77. The predicted octanol–water partition coefficient (Wildman–Crippen LogP) is 4.10. The zero-order chi connectivity index (χ0) is 54.5. The van der Waals surface area contributed by atoms with Crippen LogP contribution in [0.2, 0.25) is 0 Å². The lowest BCUT2D eigenvalue weighted by molar-refractivity contribution is -0.134. The number of unbranched alkanes of at least 4 members (excludes halogenated alkanes) is 1. The van der Waals surface area contributed by atoms with Crippen molar-refractivity contribution in [1.29, 1.82) is 0 Å². The number of fused-ring (bicyclic) bond motifs is 3. The molecule has 4 aromatic rings. The molecule has 78 heavy (non-hydrogen) atoms. The summed E-state index contributed by atoms with van der Waals surface area (Å²) in [5, 5.41) is 17.6. The van der Waals surface area contributed by atoms with E-state index in [0.29, 0.717) is 121 Å². The Morgan fingerprint density at radius 1 is 0.846 bits per heavy atom. The highest BCUT2D eigenvalue weighted by molar-refractivity contribution is 8.00. The van der Waals surface area contributed by atoms with Crippen LogP contribution in [-0.4, -0.2) is 206 Å². The number of hydrogen-bond donors (Lipinski definition) is 4. The smallest absolute Gasteiger partial charge is 0.223 e. The second-order valence-corrected chi connectivity index (χ2v) is 22.6. The van der Waals surface area contributed by atoms with Gasteiger partial charge in [-0.3, -0.25) is 38.8 Å². The van der Waals surface area contributed by atoms with E-state index in [2.05, 4.69) is 42.0 Å². The summed E-state index contributed by atoms with van der Waals surface area (Å²) in [5.74, 6) is 2.65. The van der Waals surface area contributed by atoms with Crippen LogP contribution in [0.4, 0.5) is 5.82 Å². The van der Waals surface area contributed by atoms with Crippen molar-refractivity contribution in [2.75, 3.05) is 129 Å². The number of allylic oxidation sites excluding steroid dienone is 1. The summed E-state index contributed by atoms with van der Waals surface area (Å²) in [6.07, 6.45) is 10.6. The molecule has 4 N–H and O–H groups in total. The number of anilines is 1. The number of likely N-dealkylation sites (N-methyl/N-ethyl adjacent to an activating group) is 1. The lowest BCUT2D eigenvalue weighted by atomic mass is 9.94. The van der Waals surface area contributed by atoms with Gasteiger partial charge in [0, 0.05) is 163 Å². The number of morpholine rings is 1.